The average molecular weight is 312 g/mol. The number of nitro groups is 1. The number of nitrogens with zero attached hydrogens (tertiary/aromatic N) is 3. The van der Waals surface area contributed by atoms with Crippen molar-refractivity contribution in [1.29, 1.82) is 0 Å². The van der Waals surface area contributed by atoms with E-state index >= 15 is 0 Å². The molecule has 1 aromatic heterocycles. The van der Waals surface area contributed by atoms with Gasteiger partial charge in [0.1, 0.15) is 23.7 Å². The summed E-state index contributed by atoms with van der Waals surface area (Å²) in [6.45, 7) is 1.40. The van der Waals surface area contributed by atoms with Crippen LogP contribution in [0, 0.1) is 10.1 Å². The van der Waals surface area contributed by atoms with Gasteiger partial charge >= 0.3 is 18.1 Å². The highest BCUT2D eigenvalue weighted by Gasteiger charge is 2.40. The fourth-order valence-corrected chi connectivity index (χ4v) is 1.76. The highest BCUT2D eigenvalue weighted by Crippen LogP contribution is 2.21. The first-order valence-electron chi connectivity index (χ1n) is 6.08. The molecule has 11 heteroatoms. The maximum atomic E-state index is 11.7. The highest BCUT2D eigenvalue weighted by molar-refractivity contribution is 5.79. The number of amides is 2. The SMILES string of the molecule is CC1OC(=O)N(N=Cc2ccc([N+](=O)[O-])o2)C1COC(N)=O. The quantitative estimate of drug-likeness (QED) is 0.480. The Morgan fingerprint density at radius 1 is 1.64 bits per heavy atom. The molecule has 2 rings (SSSR count). The summed E-state index contributed by atoms with van der Waals surface area (Å²) in [6, 6.07) is 1.81. The van der Waals surface area contributed by atoms with Crippen LogP contribution in [-0.4, -0.2) is 47.1 Å². The number of cyclic esters (lactones) is 1. The third kappa shape index (κ3) is 3.31. The number of hydrogen-bond donors (Lipinski definition) is 1. The number of hydrogen-bond acceptors (Lipinski definition) is 8. The molecule has 0 radical (unpaired) electrons. The molecule has 0 aliphatic carbocycles. The first-order valence-corrected chi connectivity index (χ1v) is 6.08. The van der Waals surface area contributed by atoms with E-state index < -0.39 is 35.1 Å². The van der Waals surface area contributed by atoms with Crippen LogP contribution in [0.25, 0.3) is 0 Å². The van der Waals surface area contributed by atoms with Crippen molar-refractivity contribution in [3.63, 3.8) is 0 Å². The van der Waals surface area contributed by atoms with Crippen molar-refractivity contribution in [2.75, 3.05) is 6.61 Å². The van der Waals surface area contributed by atoms with E-state index in [0.717, 1.165) is 17.3 Å². The largest absolute Gasteiger partial charge is 0.447 e. The van der Waals surface area contributed by atoms with Crippen LogP contribution in [-0.2, 0) is 9.47 Å². The van der Waals surface area contributed by atoms with Crippen LogP contribution >= 0.6 is 0 Å². The number of carbonyl (C=O) groups excluding carboxylic acids is 2. The zero-order valence-corrected chi connectivity index (χ0v) is 11.4. The van der Waals surface area contributed by atoms with Crippen LogP contribution in [0.1, 0.15) is 12.7 Å². The number of hydrazone groups is 1. The van der Waals surface area contributed by atoms with Crippen molar-refractivity contribution >= 4 is 24.3 Å². The zero-order chi connectivity index (χ0) is 16.3. The number of ether oxygens (including phenoxy) is 2. The van der Waals surface area contributed by atoms with Gasteiger partial charge in [0.25, 0.3) is 0 Å². The summed E-state index contributed by atoms with van der Waals surface area (Å²) in [4.78, 5) is 32.1. The van der Waals surface area contributed by atoms with E-state index in [0.29, 0.717) is 0 Å². The summed E-state index contributed by atoms with van der Waals surface area (Å²) in [5.41, 5.74) is 4.87. The van der Waals surface area contributed by atoms with Gasteiger partial charge in [-0.3, -0.25) is 10.1 Å². The lowest BCUT2D eigenvalue weighted by Gasteiger charge is -2.17. The highest BCUT2D eigenvalue weighted by atomic mass is 16.6. The Labute approximate surface area is 123 Å². The second-order valence-electron chi connectivity index (χ2n) is 4.31. The molecule has 118 valence electrons. The molecule has 1 aliphatic heterocycles. The molecule has 2 N–H and O–H groups in total. The third-order valence-electron chi connectivity index (χ3n) is 2.83. The van der Waals surface area contributed by atoms with Crippen LogP contribution in [0.5, 0.6) is 0 Å². The Morgan fingerprint density at radius 3 is 2.95 bits per heavy atom. The molecule has 1 aromatic rings. The Hall–Kier alpha value is -3.11. The lowest BCUT2D eigenvalue weighted by Crippen LogP contribution is -2.37. The Morgan fingerprint density at radius 2 is 2.36 bits per heavy atom. The molecule has 1 fully saturated rings. The Bertz CT molecular complexity index is 626. The lowest BCUT2D eigenvalue weighted by molar-refractivity contribution is -0.402. The van der Waals surface area contributed by atoms with Gasteiger partial charge in [0.05, 0.1) is 12.3 Å². The van der Waals surface area contributed by atoms with E-state index in [-0.39, 0.29) is 12.4 Å². The molecule has 0 spiro atoms. The van der Waals surface area contributed by atoms with Gasteiger partial charge in [-0.15, -0.1) is 0 Å². The first-order chi connectivity index (χ1) is 10.4. The number of rotatable bonds is 5. The summed E-state index contributed by atoms with van der Waals surface area (Å²) in [7, 11) is 0. The average Bonchev–Trinajstić information content (AvgIpc) is 2.99. The van der Waals surface area contributed by atoms with Crippen LogP contribution in [0.4, 0.5) is 15.5 Å². The Kier molecular flexibility index (Phi) is 4.25. The number of carbonyl (C=O) groups is 2. The smallest absolute Gasteiger partial charge is 0.433 e. The van der Waals surface area contributed by atoms with E-state index in [2.05, 4.69) is 9.84 Å². The van der Waals surface area contributed by atoms with Gasteiger partial charge < -0.3 is 19.6 Å². The van der Waals surface area contributed by atoms with Gasteiger partial charge in [-0.1, -0.05) is 0 Å². The summed E-state index contributed by atoms with van der Waals surface area (Å²) in [5.74, 6) is -0.374. The number of primary amides is 1. The van der Waals surface area contributed by atoms with Crippen molar-refractivity contribution in [3.05, 3.63) is 28.0 Å². The predicted octanol–water partition coefficient (Wildman–Crippen LogP) is 0.826. The van der Waals surface area contributed by atoms with Gasteiger partial charge in [-0.2, -0.15) is 10.1 Å². The lowest BCUT2D eigenvalue weighted by atomic mass is 10.2. The van der Waals surface area contributed by atoms with E-state index in [1.807, 2.05) is 0 Å². The van der Waals surface area contributed by atoms with Crippen LogP contribution in [0.2, 0.25) is 0 Å². The molecule has 1 saturated heterocycles. The van der Waals surface area contributed by atoms with Crippen molar-refractivity contribution < 1.29 is 28.4 Å². The van der Waals surface area contributed by atoms with Gasteiger partial charge in [-0.25, -0.2) is 9.59 Å². The standard InChI is InChI=1S/C11H12N4O7/c1-6-8(5-20-10(12)16)14(11(17)21-6)13-4-7-2-3-9(22-7)15(18)19/h2-4,6,8H,5H2,1H3,(H2,12,16). The topological polar surface area (TPSA) is 150 Å². The van der Waals surface area contributed by atoms with E-state index in [9.17, 15) is 19.7 Å². The molecule has 22 heavy (non-hydrogen) atoms. The van der Waals surface area contributed by atoms with Gasteiger partial charge in [0.2, 0.25) is 0 Å². The maximum absolute atomic E-state index is 11.7. The molecular weight excluding hydrogens is 300 g/mol. The Balaban J connectivity index is 2.09. The van der Waals surface area contributed by atoms with E-state index in [1.165, 1.54) is 6.07 Å². The molecule has 11 nitrogen and oxygen atoms in total. The summed E-state index contributed by atoms with van der Waals surface area (Å²) < 4.78 is 14.5. The van der Waals surface area contributed by atoms with Crippen molar-refractivity contribution in [2.45, 2.75) is 19.1 Å². The normalized spacial score (nSPS) is 21.1. The molecule has 2 unspecified atom stereocenters. The van der Waals surface area contributed by atoms with Crippen LogP contribution in [0.3, 0.4) is 0 Å². The molecule has 1 aliphatic rings. The molecule has 0 saturated carbocycles. The summed E-state index contributed by atoms with van der Waals surface area (Å²) in [6.07, 6.45) is -1.20. The van der Waals surface area contributed by atoms with Gasteiger partial charge in [-0.05, 0) is 13.0 Å². The summed E-state index contributed by atoms with van der Waals surface area (Å²) in [5, 5.41) is 15.3. The van der Waals surface area contributed by atoms with Crippen molar-refractivity contribution in [2.24, 2.45) is 10.8 Å². The first kappa shape index (κ1) is 15.3. The van der Waals surface area contributed by atoms with Gasteiger partial charge in [0.15, 0.2) is 5.76 Å². The van der Waals surface area contributed by atoms with Crippen LogP contribution in [0.15, 0.2) is 21.7 Å². The molecule has 2 atom stereocenters. The summed E-state index contributed by atoms with van der Waals surface area (Å²) >= 11 is 0. The maximum Gasteiger partial charge on any atom is 0.433 e. The van der Waals surface area contributed by atoms with Crippen molar-refractivity contribution in [1.82, 2.24) is 5.01 Å². The minimum atomic E-state index is -0.989. The second kappa shape index (κ2) is 6.11. The van der Waals surface area contributed by atoms with Crippen LogP contribution < -0.4 is 5.73 Å². The van der Waals surface area contributed by atoms with Crippen molar-refractivity contribution in [3.8, 4) is 0 Å². The number of furan rings is 1. The molecular formula is C11H12N4O7. The zero-order valence-electron chi connectivity index (χ0n) is 11.4. The fourth-order valence-electron chi connectivity index (χ4n) is 1.76. The minimum absolute atomic E-state index is 0.0774. The monoisotopic (exact) mass is 312 g/mol. The van der Waals surface area contributed by atoms with Gasteiger partial charge in [0, 0.05) is 0 Å². The molecule has 0 bridgehead atoms. The number of nitrogens with two attached hydrogens (primary N) is 1. The second-order valence-corrected chi connectivity index (χ2v) is 4.31. The van der Waals surface area contributed by atoms with E-state index in [1.54, 1.807) is 6.92 Å². The molecule has 0 aromatic carbocycles. The third-order valence-corrected chi connectivity index (χ3v) is 2.83. The predicted molar refractivity (Wildman–Crippen MR) is 70.1 cm³/mol. The van der Waals surface area contributed by atoms with E-state index in [4.69, 9.17) is 14.9 Å². The minimum Gasteiger partial charge on any atom is -0.447 e. The molecule has 2 heterocycles. The fraction of sp³-hybridized carbons (Fsp3) is 0.364. The molecule has 2 amide bonds.